The maximum absolute atomic E-state index is 11.7. The number of hydrogen-bond donors (Lipinski definition) is 1. The Morgan fingerprint density at radius 3 is 2.56 bits per heavy atom. The molecule has 0 aliphatic carbocycles. The quantitative estimate of drug-likeness (QED) is 0.903. The number of rotatable bonds is 2. The van der Waals surface area contributed by atoms with E-state index < -0.39 is 0 Å². The van der Waals surface area contributed by atoms with Crippen molar-refractivity contribution in [3.05, 3.63) is 22.3 Å². The van der Waals surface area contributed by atoms with Gasteiger partial charge >= 0.3 is 0 Å². The van der Waals surface area contributed by atoms with Crippen molar-refractivity contribution in [1.29, 1.82) is 0 Å². The van der Waals surface area contributed by atoms with Gasteiger partial charge in [-0.1, -0.05) is 20.8 Å². The molecule has 3 nitrogen and oxygen atoms in total. The van der Waals surface area contributed by atoms with Crippen LogP contribution in [0.3, 0.4) is 0 Å². The lowest BCUT2D eigenvalue weighted by molar-refractivity contribution is -0.117. The summed E-state index contributed by atoms with van der Waals surface area (Å²) in [6.07, 6.45) is 0.490. The van der Waals surface area contributed by atoms with Gasteiger partial charge in [0.25, 0.3) is 0 Å². The smallest absolute Gasteiger partial charge is 0.226 e. The number of nitrogens with zero attached hydrogens (tertiary/aromatic N) is 1. The summed E-state index contributed by atoms with van der Waals surface area (Å²) >= 11 is 3.37. The lowest BCUT2D eigenvalue weighted by Gasteiger charge is -2.17. The number of aromatic nitrogens is 1. The van der Waals surface area contributed by atoms with Gasteiger partial charge in [0.05, 0.1) is 5.69 Å². The number of carbonyl (C=O) groups excluding carboxylic acids is 1. The van der Waals surface area contributed by atoms with Crippen LogP contribution in [-0.4, -0.2) is 10.9 Å². The topological polar surface area (TPSA) is 42.0 Å². The second-order valence-electron chi connectivity index (χ2n) is 5.05. The SMILES string of the molecule is Cc1nc(NC(=O)CC(C)(C)C)ccc1Br. The molecule has 0 atom stereocenters. The number of halogens is 1. The number of aryl methyl sites for hydroxylation is 1. The first-order valence-electron chi connectivity index (χ1n) is 5.21. The molecule has 1 aromatic heterocycles. The molecule has 1 amide bonds. The van der Waals surface area contributed by atoms with Crippen LogP contribution in [0.1, 0.15) is 32.9 Å². The largest absolute Gasteiger partial charge is 0.311 e. The van der Waals surface area contributed by atoms with Crippen LogP contribution in [0.15, 0.2) is 16.6 Å². The molecule has 16 heavy (non-hydrogen) atoms. The highest BCUT2D eigenvalue weighted by Crippen LogP contribution is 2.20. The Morgan fingerprint density at radius 1 is 1.44 bits per heavy atom. The van der Waals surface area contributed by atoms with Crippen LogP contribution in [0, 0.1) is 12.3 Å². The molecule has 4 heteroatoms. The summed E-state index contributed by atoms with van der Waals surface area (Å²) < 4.78 is 0.946. The first kappa shape index (κ1) is 13.2. The maximum Gasteiger partial charge on any atom is 0.226 e. The van der Waals surface area contributed by atoms with E-state index in [2.05, 4.69) is 26.2 Å². The fourth-order valence-electron chi connectivity index (χ4n) is 1.28. The van der Waals surface area contributed by atoms with Crippen molar-refractivity contribution in [1.82, 2.24) is 4.98 Å². The summed E-state index contributed by atoms with van der Waals surface area (Å²) in [6, 6.07) is 3.67. The van der Waals surface area contributed by atoms with E-state index in [1.165, 1.54) is 0 Å². The molecule has 1 N–H and O–H groups in total. The van der Waals surface area contributed by atoms with Gasteiger partial charge in [-0.05, 0) is 40.4 Å². The standard InChI is InChI=1S/C12H17BrN2O/c1-8-9(13)5-6-10(14-8)15-11(16)7-12(2,3)4/h5-6H,7H2,1-4H3,(H,14,15,16). The predicted molar refractivity (Wildman–Crippen MR) is 69.4 cm³/mol. The third-order valence-corrected chi connectivity index (χ3v) is 2.82. The van der Waals surface area contributed by atoms with Gasteiger partial charge in [-0.15, -0.1) is 0 Å². The average Bonchev–Trinajstić information content (AvgIpc) is 2.08. The molecular weight excluding hydrogens is 268 g/mol. The monoisotopic (exact) mass is 284 g/mol. The molecule has 1 heterocycles. The molecule has 0 fully saturated rings. The predicted octanol–water partition coefficient (Wildman–Crippen LogP) is 3.53. The summed E-state index contributed by atoms with van der Waals surface area (Å²) in [5.41, 5.74) is 0.864. The van der Waals surface area contributed by atoms with E-state index in [1.54, 1.807) is 6.07 Å². The fourth-order valence-corrected chi connectivity index (χ4v) is 1.50. The van der Waals surface area contributed by atoms with Crippen LogP contribution in [0.2, 0.25) is 0 Å². The van der Waals surface area contributed by atoms with E-state index in [4.69, 9.17) is 0 Å². The molecule has 0 aromatic carbocycles. The van der Waals surface area contributed by atoms with E-state index in [9.17, 15) is 4.79 Å². The highest BCUT2D eigenvalue weighted by Gasteiger charge is 2.16. The zero-order valence-corrected chi connectivity index (χ0v) is 11.7. The van der Waals surface area contributed by atoms with Crippen molar-refractivity contribution in [3.63, 3.8) is 0 Å². The van der Waals surface area contributed by atoms with Gasteiger partial charge in [0.2, 0.25) is 5.91 Å². The van der Waals surface area contributed by atoms with E-state index in [0.29, 0.717) is 12.2 Å². The summed E-state index contributed by atoms with van der Waals surface area (Å²) in [6.45, 7) is 8.00. The van der Waals surface area contributed by atoms with Gasteiger partial charge < -0.3 is 5.32 Å². The molecule has 1 rings (SSSR count). The van der Waals surface area contributed by atoms with Gasteiger partial charge in [0.15, 0.2) is 0 Å². The second-order valence-corrected chi connectivity index (χ2v) is 5.90. The molecule has 0 spiro atoms. The van der Waals surface area contributed by atoms with E-state index in [1.807, 2.05) is 33.8 Å². The highest BCUT2D eigenvalue weighted by molar-refractivity contribution is 9.10. The number of pyridine rings is 1. The molecule has 0 saturated heterocycles. The summed E-state index contributed by atoms with van der Waals surface area (Å²) in [5, 5.41) is 2.80. The van der Waals surface area contributed by atoms with Crippen LogP contribution >= 0.6 is 15.9 Å². The zero-order valence-electron chi connectivity index (χ0n) is 10.1. The van der Waals surface area contributed by atoms with Gasteiger partial charge in [-0.25, -0.2) is 4.98 Å². The molecular formula is C12H17BrN2O. The summed E-state index contributed by atoms with van der Waals surface area (Å²) in [7, 11) is 0. The van der Waals surface area contributed by atoms with Gasteiger partial charge in [0, 0.05) is 10.9 Å². The minimum absolute atomic E-state index is 0.00159. The number of anilines is 1. The Kier molecular flexibility index (Phi) is 4.08. The number of carbonyl (C=O) groups is 1. The minimum atomic E-state index is -0.00546. The van der Waals surface area contributed by atoms with Crippen LogP contribution < -0.4 is 5.32 Å². The normalized spacial score (nSPS) is 11.3. The maximum atomic E-state index is 11.7. The highest BCUT2D eigenvalue weighted by atomic mass is 79.9. The summed E-state index contributed by atoms with van der Waals surface area (Å²) in [4.78, 5) is 15.9. The lowest BCUT2D eigenvalue weighted by atomic mass is 9.92. The third-order valence-electron chi connectivity index (χ3n) is 1.98. The van der Waals surface area contributed by atoms with Gasteiger partial charge in [0.1, 0.15) is 5.82 Å². The molecule has 88 valence electrons. The van der Waals surface area contributed by atoms with E-state index in [-0.39, 0.29) is 11.3 Å². The lowest BCUT2D eigenvalue weighted by Crippen LogP contribution is -2.20. The van der Waals surface area contributed by atoms with Crippen molar-refractivity contribution in [2.24, 2.45) is 5.41 Å². The van der Waals surface area contributed by atoms with Gasteiger partial charge in [-0.2, -0.15) is 0 Å². The van der Waals surface area contributed by atoms with Crippen molar-refractivity contribution >= 4 is 27.7 Å². The first-order valence-corrected chi connectivity index (χ1v) is 6.00. The van der Waals surface area contributed by atoms with Crippen molar-refractivity contribution in [3.8, 4) is 0 Å². The molecule has 0 unspecified atom stereocenters. The number of hydrogen-bond acceptors (Lipinski definition) is 2. The van der Waals surface area contributed by atoms with Crippen LogP contribution in [0.25, 0.3) is 0 Å². The molecule has 0 saturated carbocycles. The molecule has 1 aromatic rings. The molecule has 0 radical (unpaired) electrons. The van der Waals surface area contributed by atoms with Crippen molar-refractivity contribution in [2.75, 3.05) is 5.32 Å². The second kappa shape index (κ2) is 4.95. The minimum Gasteiger partial charge on any atom is -0.311 e. The first-order chi connectivity index (χ1) is 7.28. The fraction of sp³-hybridized carbons (Fsp3) is 0.500. The number of nitrogens with one attached hydrogen (secondary N) is 1. The van der Waals surface area contributed by atoms with Crippen LogP contribution in [-0.2, 0) is 4.79 Å². The molecule has 0 bridgehead atoms. The molecule has 0 aliphatic heterocycles. The Hall–Kier alpha value is -0.900. The van der Waals surface area contributed by atoms with Crippen molar-refractivity contribution < 1.29 is 4.79 Å². The van der Waals surface area contributed by atoms with Crippen molar-refractivity contribution in [2.45, 2.75) is 34.1 Å². The third kappa shape index (κ3) is 4.31. The Morgan fingerprint density at radius 2 is 2.06 bits per heavy atom. The Bertz CT molecular complexity index is 396. The van der Waals surface area contributed by atoms with E-state index in [0.717, 1.165) is 10.2 Å². The zero-order chi connectivity index (χ0) is 12.3. The average molecular weight is 285 g/mol. The van der Waals surface area contributed by atoms with Crippen LogP contribution in [0.5, 0.6) is 0 Å². The molecule has 0 aliphatic rings. The van der Waals surface area contributed by atoms with Crippen LogP contribution in [0.4, 0.5) is 5.82 Å². The number of amides is 1. The Labute approximate surface area is 105 Å². The van der Waals surface area contributed by atoms with E-state index >= 15 is 0 Å². The summed E-state index contributed by atoms with van der Waals surface area (Å²) in [5.74, 6) is 0.608. The Balaban J connectivity index is 2.67. The van der Waals surface area contributed by atoms with Gasteiger partial charge in [-0.3, -0.25) is 4.79 Å².